The van der Waals surface area contributed by atoms with E-state index in [-0.39, 0.29) is 0 Å². The minimum atomic E-state index is -4.65. The summed E-state index contributed by atoms with van der Waals surface area (Å²) >= 11 is 0. The highest BCUT2D eigenvalue weighted by Gasteiger charge is 2.34. The van der Waals surface area contributed by atoms with Crippen molar-refractivity contribution in [1.82, 2.24) is 5.32 Å². The number of hydrogen-bond acceptors (Lipinski definition) is 2. The molecule has 1 N–H and O–H groups in total. The fraction of sp³-hybridized carbons (Fsp3) is 0.571. The molecule has 1 aliphatic heterocycles. The van der Waals surface area contributed by atoms with Crippen LogP contribution in [0.3, 0.4) is 0 Å². The Bertz CT molecular complexity index is 441. The zero-order valence-corrected chi connectivity index (χ0v) is 11.0. The van der Waals surface area contributed by atoms with E-state index in [0.717, 1.165) is 44.7 Å². The summed E-state index contributed by atoms with van der Waals surface area (Å²) in [5, 5.41) is 3.12. The van der Waals surface area contributed by atoms with E-state index in [0.29, 0.717) is 18.0 Å². The molecule has 0 aromatic heterocycles. The van der Waals surface area contributed by atoms with Crippen LogP contribution in [-0.4, -0.2) is 19.8 Å². The van der Waals surface area contributed by atoms with E-state index in [2.05, 4.69) is 5.32 Å². The van der Waals surface area contributed by atoms with Gasteiger partial charge in [0.05, 0.1) is 5.56 Å². The van der Waals surface area contributed by atoms with Crippen molar-refractivity contribution in [2.24, 2.45) is 5.92 Å². The summed E-state index contributed by atoms with van der Waals surface area (Å²) in [5.41, 5.74) is -0.770. The highest BCUT2D eigenvalue weighted by Crippen LogP contribution is 2.31. The molecule has 2 rings (SSSR count). The molecule has 1 heterocycles. The van der Waals surface area contributed by atoms with E-state index < -0.39 is 17.6 Å². The van der Waals surface area contributed by atoms with E-state index in [4.69, 9.17) is 4.74 Å². The van der Waals surface area contributed by atoms with Crippen LogP contribution in [-0.2, 0) is 17.5 Å². The summed E-state index contributed by atoms with van der Waals surface area (Å²) in [6.45, 7) is 2.52. The van der Waals surface area contributed by atoms with Crippen LogP contribution in [0.25, 0.3) is 0 Å². The SMILES string of the molecule is Fc1ccc(CNCC2CCOCC2)cc1C(F)(F)F. The number of hydrogen-bond donors (Lipinski definition) is 1. The maximum atomic E-state index is 13.1. The van der Waals surface area contributed by atoms with Gasteiger partial charge in [0.2, 0.25) is 0 Å². The van der Waals surface area contributed by atoms with E-state index >= 15 is 0 Å². The molecule has 0 aliphatic carbocycles. The molecule has 1 aromatic rings. The van der Waals surface area contributed by atoms with Crippen molar-refractivity contribution in [3.63, 3.8) is 0 Å². The van der Waals surface area contributed by atoms with Gasteiger partial charge < -0.3 is 10.1 Å². The van der Waals surface area contributed by atoms with Crippen molar-refractivity contribution in [3.8, 4) is 0 Å². The van der Waals surface area contributed by atoms with Crippen molar-refractivity contribution in [3.05, 3.63) is 35.1 Å². The lowest BCUT2D eigenvalue weighted by molar-refractivity contribution is -0.140. The van der Waals surface area contributed by atoms with Gasteiger partial charge in [-0.15, -0.1) is 0 Å². The molecule has 0 spiro atoms. The van der Waals surface area contributed by atoms with Gasteiger partial charge in [-0.25, -0.2) is 4.39 Å². The Balaban J connectivity index is 1.89. The average Bonchev–Trinajstić information content (AvgIpc) is 2.40. The molecule has 112 valence electrons. The predicted molar refractivity (Wildman–Crippen MR) is 66.7 cm³/mol. The Morgan fingerprint density at radius 2 is 1.90 bits per heavy atom. The smallest absolute Gasteiger partial charge is 0.381 e. The number of rotatable bonds is 4. The number of alkyl halides is 3. The summed E-state index contributed by atoms with van der Waals surface area (Å²) in [7, 11) is 0. The first-order chi connectivity index (χ1) is 9.47. The molecule has 20 heavy (non-hydrogen) atoms. The third-order valence-corrected chi connectivity index (χ3v) is 3.44. The lowest BCUT2D eigenvalue weighted by Gasteiger charge is -2.22. The maximum Gasteiger partial charge on any atom is 0.419 e. The van der Waals surface area contributed by atoms with Gasteiger partial charge in [-0.1, -0.05) is 6.07 Å². The fourth-order valence-electron chi connectivity index (χ4n) is 2.27. The zero-order valence-electron chi connectivity index (χ0n) is 11.0. The Morgan fingerprint density at radius 3 is 2.55 bits per heavy atom. The Hall–Kier alpha value is -1.14. The summed E-state index contributed by atoms with van der Waals surface area (Å²) in [5.74, 6) is -0.739. The highest BCUT2D eigenvalue weighted by molar-refractivity contribution is 5.27. The molecular weight excluding hydrogens is 274 g/mol. The van der Waals surface area contributed by atoms with Gasteiger partial charge in [0, 0.05) is 19.8 Å². The normalized spacial score (nSPS) is 17.4. The monoisotopic (exact) mass is 291 g/mol. The van der Waals surface area contributed by atoms with Crippen LogP contribution in [0.15, 0.2) is 18.2 Å². The fourth-order valence-corrected chi connectivity index (χ4v) is 2.27. The molecule has 1 saturated heterocycles. The first kappa shape index (κ1) is 15.3. The molecule has 2 nitrogen and oxygen atoms in total. The van der Waals surface area contributed by atoms with Crippen molar-refractivity contribution in [2.75, 3.05) is 19.8 Å². The van der Waals surface area contributed by atoms with Gasteiger partial charge in [-0.3, -0.25) is 0 Å². The molecule has 6 heteroatoms. The number of nitrogens with one attached hydrogen (secondary N) is 1. The Morgan fingerprint density at radius 1 is 1.20 bits per heavy atom. The summed E-state index contributed by atoms with van der Waals surface area (Å²) in [6, 6.07) is 3.11. The molecule has 1 fully saturated rings. The van der Waals surface area contributed by atoms with Gasteiger partial charge in [0.25, 0.3) is 0 Å². The van der Waals surface area contributed by atoms with Gasteiger partial charge in [0.1, 0.15) is 5.82 Å². The van der Waals surface area contributed by atoms with Crippen molar-refractivity contribution >= 4 is 0 Å². The van der Waals surface area contributed by atoms with Crippen molar-refractivity contribution in [2.45, 2.75) is 25.6 Å². The van der Waals surface area contributed by atoms with Crippen LogP contribution in [0.2, 0.25) is 0 Å². The summed E-state index contributed by atoms with van der Waals surface area (Å²) in [4.78, 5) is 0. The largest absolute Gasteiger partial charge is 0.419 e. The number of halogens is 4. The quantitative estimate of drug-likeness (QED) is 0.859. The van der Waals surface area contributed by atoms with Gasteiger partial charge >= 0.3 is 6.18 Å². The zero-order chi connectivity index (χ0) is 14.6. The van der Waals surface area contributed by atoms with Crippen LogP contribution in [0.4, 0.5) is 17.6 Å². The van der Waals surface area contributed by atoms with Crippen LogP contribution < -0.4 is 5.32 Å². The van der Waals surface area contributed by atoms with Crippen LogP contribution in [0.5, 0.6) is 0 Å². The van der Waals surface area contributed by atoms with Gasteiger partial charge in [-0.2, -0.15) is 13.2 Å². The molecule has 1 aliphatic rings. The molecule has 0 radical (unpaired) electrons. The Kier molecular flexibility index (Phi) is 4.99. The predicted octanol–water partition coefficient (Wildman–Crippen LogP) is 3.36. The Labute approximate surface area is 115 Å². The standard InChI is InChI=1S/C14H17F4NO/c15-13-2-1-11(7-12(13)14(16,17)18)9-19-8-10-3-5-20-6-4-10/h1-2,7,10,19H,3-6,8-9H2. The van der Waals surface area contributed by atoms with Crippen LogP contribution >= 0.6 is 0 Å². The van der Waals surface area contributed by atoms with Crippen LogP contribution in [0.1, 0.15) is 24.0 Å². The van der Waals surface area contributed by atoms with Crippen molar-refractivity contribution < 1.29 is 22.3 Å². The molecule has 0 atom stereocenters. The molecule has 0 bridgehead atoms. The lowest BCUT2D eigenvalue weighted by atomic mass is 10.0. The second-order valence-corrected chi connectivity index (χ2v) is 5.00. The second kappa shape index (κ2) is 6.54. The number of ether oxygens (including phenoxy) is 1. The topological polar surface area (TPSA) is 21.3 Å². The average molecular weight is 291 g/mol. The molecule has 0 unspecified atom stereocenters. The molecule has 0 saturated carbocycles. The third kappa shape index (κ3) is 4.18. The lowest BCUT2D eigenvalue weighted by Crippen LogP contribution is -2.27. The second-order valence-electron chi connectivity index (χ2n) is 5.00. The maximum absolute atomic E-state index is 13.1. The highest BCUT2D eigenvalue weighted by atomic mass is 19.4. The third-order valence-electron chi connectivity index (χ3n) is 3.44. The van der Waals surface area contributed by atoms with E-state index in [1.807, 2.05) is 0 Å². The van der Waals surface area contributed by atoms with Gasteiger partial charge in [-0.05, 0) is 43.0 Å². The molecule has 0 amide bonds. The summed E-state index contributed by atoms with van der Waals surface area (Å²) < 4.78 is 56.1. The summed E-state index contributed by atoms with van der Waals surface area (Å²) in [6.07, 6.45) is -2.73. The molecule has 1 aromatic carbocycles. The number of benzene rings is 1. The van der Waals surface area contributed by atoms with E-state index in [1.165, 1.54) is 6.07 Å². The van der Waals surface area contributed by atoms with Crippen LogP contribution in [0, 0.1) is 11.7 Å². The minimum absolute atomic E-state index is 0.306. The van der Waals surface area contributed by atoms with Crippen molar-refractivity contribution in [1.29, 1.82) is 0 Å². The first-order valence-corrected chi connectivity index (χ1v) is 6.61. The van der Waals surface area contributed by atoms with Gasteiger partial charge in [0.15, 0.2) is 0 Å². The van der Waals surface area contributed by atoms with E-state index in [9.17, 15) is 17.6 Å². The minimum Gasteiger partial charge on any atom is -0.381 e. The first-order valence-electron chi connectivity index (χ1n) is 6.61. The van der Waals surface area contributed by atoms with E-state index in [1.54, 1.807) is 0 Å². The molecular formula is C14H17F4NO.